The zero-order valence-electron chi connectivity index (χ0n) is 6.87. The molecule has 0 saturated carbocycles. The average molecular weight is 217 g/mol. The Hall–Kier alpha value is -0.0600. The van der Waals surface area contributed by atoms with Crippen LogP contribution in [0, 0.1) is 0 Å². The third kappa shape index (κ3) is 3.56. The van der Waals surface area contributed by atoms with Crippen molar-refractivity contribution in [1.82, 2.24) is 0 Å². The minimum absolute atomic E-state index is 0.871. The van der Waals surface area contributed by atoms with E-state index in [2.05, 4.69) is 17.6 Å². The first kappa shape index (κ1) is 10.0. The van der Waals surface area contributed by atoms with Crippen molar-refractivity contribution in [2.45, 2.75) is 13.3 Å². The Balaban J connectivity index is 2.27. The fourth-order valence-corrected chi connectivity index (χ4v) is 2.22. The molecule has 1 aromatic rings. The van der Waals surface area contributed by atoms with E-state index in [0.717, 1.165) is 22.2 Å². The van der Waals surface area contributed by atoms with Crippen LogP contribution >= 0.6 is 35.3 Å². The summed E-state index contributed by atoms with van der Waals surface area (Å²) in [6, 6.07) is 2.03. The van der Waals surface area contributed by atoms with Crippen molar-refractivity contribution in [3.8, 4) is 0 Å². The molecule has 0 fully saturated rings. The molecule has 0 aliphatic carbocycles. The first-order chi connectivity index (χ1) is 5.83. The van der Waals surface area contributed by atoms with Crippen molar-refractivity contribution >= 4 is 45.3 Å². The maximum Gasteiger partial charge on any atom is 0.138 e. The molecule has 0 aliphatic heterocycles. The lowest BCUT2D eigenvalue weighted by molar-refractivity contribution is 1.11. The van der Waals surface area contributed by atoms with Crippen LogP contribution < -0.4 is 5.32 Å². The van der Waals surface area contributed by atoms with Crippen molar-refractivity contribution in [2.24, 2.45) is 0 Å². The van der Waals surface area contributed by atoms with Gasteiger partial charge in [-0.25, -0.2) is 0 Å². The molecule has 1 aromatic heterocycles. The summed E-state index contributed by atoms with van der Waals surface area (Å²) in [5.74, 6) is 1.09. The number of thiophene rings is 1. The van der Waals surface area contributed by atoms with Gasteiger partial charge in [-0.2, -0.15) is 11.3 Å². The predicted molar refractivity (Wildman–Crippen MR) is 63.3 cm³/mol. The van der Waals surface area contributed by atoms with Gasteiger partial charge < -0.3 is 5.32 Å². The number of rotatable bonds is 3. The highest BCUT2D eigenvalue weighted by Crippen LogP contribution is 2.15. The SMILES string of the molecule is CCCSC(=S)Nc1ccsc1. The second-order valence-electron chi connectivity index (χ2n) is 2.27. The first-order valence-corrected chi connectivity index (χ1v) is 6.12. The molecular weight excluding hydrogens is 206 g/mol. The Morgan fingerprint density at radius 1 is 1.75 bits per heavy atom. The van der Waals surface area contributed by atoms with E-state index in [1.54, 1.807) is 23.1 Å². The van der Waals surface area contributed by atoms with Crippen molar-refractivity contribution in [3.63, 3.8) is 0 Å². The van der Waals surface area contributed by atoms with Crippen LogP contribution in [0.25, 0.3) is 0 Å². The summed E-state index contributed by atoms with van der Waals surface area (Å²) >= 11 is 8.50. The van der Waals surface area contributed by atoms with E-state index in [9.17, 15) is 0 Å². The molecule has 66 valence electrons. The van der Waals surface area contributed by atoms with Crippen LogP contribution in [-0.4, -0.2) is 10.1 Å². The largest absolute Gasteiger partial charge is 0.341 e. The Labute approximate surface area is 86.6 Å². The standard InChI is InChI=1S/C8H11NS3/c1-2-4-12-8(10)9-7-3-5-11-6-7/h3,5-6H,2,4H2,1H3,(H,9,10). The lowest BCUT2D eigenvalue weighted by Crippen LogP contribution is -2.03. The quantitative estimate of drug-likeness (QED) is 0.777. The van der Waals surface area contributed by atoms with Gasteiger partial charge in [-0.3, -0.25) is 0 Å². The first-order valence-electron chi connectivity index (χ1n) is 3.79. The zero-order valence-corrected chi connectivity index (χ0v) is 9.32. The van der Waals surface area contributed by atoms with Crippen LogP contribution in [0.4, 0.5) is 5.69 Å². The molecule has 0 atom stereocenters. The fraction of sp³-hybridized carbons (Fsp3) is 0.375. The fourth-order valence-electron chi connectivity index (χ4n) is 0.684. The number of hydrogen-bond acceptors (Lipinski definition) is 3. The van der Waals surface area contributed by atoms with Crippen LogP contribution in [0.5, 0.6) is 0 Å². The number of hydrogen-bond donors (Lipinski definition) is 1. The number of thiocarbonyl (C=S) groups is 1. The molecule has 0 aromatic carbocycles. The molecule has 0 spiro atoms. The molecule has 0 bridgehead atoms. The smallest absolute Gasteiger partial charge is 0.138 e. The van der Waals surface area contributed by atoms with E-state index >= 15 is 0 Å². The predicted octanol–water partition coefficient (Wildman–Crippen LogP) is 3.59. The lowest BCUT2D eigenvalue weighted by Gasteiger charge is -2.03. The highest BCUT2D eigenvalue weighted by atomic mass is 32.2. The molecule has 1 nitrogen and oxygen atoms in total. The van der Waals surface area contributed by atoms with Gasteiger partial charge in [0.05, 0.1) is 5.69 Å². The molecule has 4 heteroatoms. The molecule has 0 aliphatic rings. The molecule has 0 radical (unpaired) electrons. The lowest BCUT2D eigenvalue weighted by atomic mass is 10.5. The van der Waals surface area contributed by atoms with E-state index in [1.807, 2.05) is 11.4 Å². The molecule has 12 heavy (non-hydrogen) atoms. The molecule has 0 saturated heterocycles. The maximum absolute atomic E-state index is 5.12. The maximum atomic E-state index is 5.12. The van der Waals surface area contributed by atoms with Gasteiger partial charge in [-0.15, -0.1) is 0 Å². The Morgan fingerprint density at radius 3 is 3.17 bits per heavy atom. The van der Waals surface area contributed by atoms with Gasteiger partial charge in [0, 0.05) is 5.38 Å². The third-order valence-electron chi connectivity index (χ3n) is 1.20. The summed E-state index contributed by atoms with van der Waals surface area (Å²) in [5, 5.41) is 7.25. The van der Waals surface area contributed by atoms with Crippen LogP contribution in [0.15, 0.2) is 16.8 Å². The Bertz CT molecular complexity index is 230. The van der Waals surface area contributed by atoms with Gasteiger partial charge in [-0.1, -0.05) is 30.9 Å². The van der Waals surface area contributed by atoms with E-state index in [1.165, 1.54) is 0 Å². The summed E-state index contributed by atoms with van der Waals surface area (Å²) in [7, 11) is 0. The molecule has 1 N–H and O–H groups in total. The van der Waals surface area contributed by atoms with E-state index in [4.69, 9.17) is 12.2 Å². The van der Waals surface area contributed by atoms with Crippen molar-refractivity contribution in [2.75, 3.05) is 11.1 Å². The molecule has 1 heterocycles. The van der Waals surface area contributed by atoms with Crippen LogP contribution in [-0.2, 0) is 0 Å². The van der Waals surface area contributed by atoms with Gasteiger partial charge >= 0.3 is 0 Å². The minimum atomic E-state index is 0.871. The number of thioether (sulfide) groups is 1. The van der Waals surface area contributed by atoms with Crippen molar-refractivity contribution in [1.29, 1.82) is 0 Å². The van der Waals surface area contributed by atoms with E-state index in [0.29, 0.717) is 0 Å². The topological polar surface area (TPSA) is 12.0 Å². The summed E-state index contributed by atoms with van der Waals surface area (Å²) in [5.41, 5.74) is 1.11. The second-order valence-corrected chi connectivity index (χ2v) is 4.82. The van der Waals surface area contributed by atoms with Gasteiger partial charge in [0.25, 0.3) is 0 Å². The summed E-state index contributed by atoms with van der Waals surface area (Å²) in [6.45, 7) is 2.15. The van der Waals surface area contributed by atoms with E-state index in [-0.39, 0.29) is 0 Å². The molecular formula is C8H11NS3. The monoisotopic (exact) mass is 217 g/mol. The van der Waals surface area contributed by atoms with Gasteiger partial charge in [0.2, 0.25) is 0 Å². The highest BCUT2D eigenvalue weighted by molar-refractivity contribution is 8.23. The number of anilines is 1. The van der Waals surface area contributed by atoms with Gasteiger partial charge in [0.15, 0.2) is 0 Å². The van der Waals surface area contributed by atoms with Crippen LogP contribution in [0.1, 0.15) is 13.3 Å². The van der Waals surface area contributed by atoms with Crippen LogP contribution in [0.3, 0.4) is 0 Å². The molecule has 0 unspecified atom stereocenters. The van der Waals surface area contributed by atoms with Crippen molar-refractivity contribution in [3.05, 3.63) is 16.8 Å². The zero-order chi connectivity index (χ0) is 8.81. The third-order valence-corrected chi connectivity index (χ3v) is 3.32. The average Bonchev–Trinajstić information content (AvgIpc) is 2.53. The molecule has 1 rings (SSSR count). The summed E-state index contributed by atoms with van der Waals surface area (Å²) < 4.78 is 0.871. The van der Waals surface area contributed by atoms with Gasteiger partial charge in [0.1, 0.15) is 4.32 Å². The van der Waals surface area contributed by atoms with Crippen molar-refractivity contribution < 1.29 is 0 Å². The molecule has 0 amide bonds. The minimum Gasteiger partial charge on any atom is -0.341 e. The second kappa shape index (κ2) is 5.56. The Morgan fingerprint density at radius 2 is 2.58 bits per heavy atom. The normalized spacial score (nSPS) is 9.75. The van der Waals surface area contributed by atoms with Gasteiger partial charge in [-0.05, 0) is 23.6 Å². The number of nitrogens with one attached hydrogen (secondary N) is 1. The summed E-state index contributed by atoms with van der Waals surface area (Å²) in [4.78, 5) is 0. The summed E-state index contributed by atoms with van der Waals surface area (Å²) in [6.07, 6.45) is 1.16. The van der Waals surface area contributed by atoms with Crippen LogP contribution in [0.2, 0.25) is 0 Å². The Kier molecular flexibility index (Phi) is 4.65. The highest BCUT2D eigenvalue weighted by Gasteiger charge is 1.96. The van der Waals surface area contributed by atoms with E-state index < -0.39 is 0 Å².